The number of hydrogen-bond donors (Lipinski definition) is 0. The number of rotatable bonds is 4. The number of carbonyl (C=O) groups is 1. The van der Waals surface area contributed by atoms with Gasteiger partial charge in [0, 0.05) is 6.20 Å². The molecule has 1 unspecified atom stereocenters. The van der Waals surface area contributed by atoms with Gasteiger partial charge in [-0.05, 0) is 41.9 Å². The fourth-order valence-electron chi connectivity index (χ4n) is 0.933. The highest BCUT2D eigenvalue weighted by molar-refractivity contribution is 9.10. The van der Waals surface area contributed by atoms with Gasteiger partial charge in [-0.2, -0.15) is 0 Å². The molecule has 0 aliphatic carbocycles. The van der Waals surface area contributed by atoms with E-state index < -0.39 is 12.1 Å². The van der Waals surface area contributed by atoms with Crippen molar-refractivity contribution in [2.24, 2.45) is 0 Å². The molecule has 0 saturated heterocycles. The van der Waals surface area contributed by atoms with Crippen LogP contribution in [0.25, 0.3) is 0 Å². The molecule has 0 radical (unpaired) electrons. The summed E-state index contributed by atoms with van der Waals surface area (Å²) < 4.78 is 10.8. The Labute approximate surface area is 96.7 Å². The highest BCUT2D eigenvalue weighted by atomic mass is 79.9. The molecular formula is C10H12BrNO3. The number of pyridine rings is 1. The van der Waals surface area contributed by atoms with Crippen LogP contribution in [0.15, 0.2) is 22.8 Å². The Balaban J connectivity index is 2.62. The average Bonchev–Trinajstić information content (AvgIpc) is 2.21. The van der Waals surface area contributed by atoms with Crippen molar-refractivity contribution in [1.29, 1.82) is 0 Å². The molecule has 0 saturated carbocycles. The third-order valence-electron chi connectivity index (χ3n) is 1.63. The molecule has 82 valence electrons. The molecule has 1 atom stereocenters. The van der Waals surface area contributed by atoms with Crippen LogP contribution in [0.1, 0.15) is 13.8 Å². The maximum atomic E-state index is 11.3. The molecule has 4 nitrogen and oxygen atoms in total. The summed E-state index contributed by atoms with van der Waals surface area (Å²) in [7, 11) is 0. The van der Waals surface area contributed by atoms with Crippen molar-refractivity contribution in [3.8, 4) is 5.88 Å². The molecule has 0 fully saturated rings. The van der Waals surface area contributed by atoms with Gasteiger partial charge in [0.25, 0.3) is 0 Å². The van der Waals surface area contributed by atoms with Crippen LogP contribution in [0, 0.1) is 0 Å². The van der Waals surface area contributed by atoms with Crippen molar-refractivity contribution in [2.75, 3.05) is 6.61 Å². The van der Waals surface area contributed by atoms with Gasteiger partial charge in [-0.1, -0.05) is 0 Å². The molecule has 0 amide bonds. The Morgan fingerprint density at radius 3 is 3.00 bits per heavy atom. The summed E-state index contributed by atoms with van der Waals surface area (Å²) in [6.07, 6.45) is 0.939. The van der Waals surface area contributed by atoms with Crippen molar-refractivity contribution >= 4 is 21.9 Å². The number of ether oxygens (including phenoxy) is 2. The minimum atomic E-state index is -0.656. The van der Waals surface area contributed by atoms with Crippen LogP contribution < -0.4 is 4.74 Å². The highest BCUT2D eigenvalue weighted by Gasteiger charge is 2.17. The zero-order valence-electron chi connectivity index (χ0n) is 8.57. The Morgan fingerprint density at radius 2 is 2.40 bits per heavy atom. The van der Waals surface area contributed by atoms with Gasteiger partial charge in [-0.3, -0.25) is 0 Å². The molecule has 0 N–H and O–H groups in total. The lowest BCUT2D eigenvalue weighted by Crippen LogP contribution is -2.26. The minimum absolute atomic E-state index is 0.343. The van der Waals surface area contributed by atoms with Crippen LogP contribution in [0.4, 0.5) is 0 Å². The third-order valence-corrected chi connectivity index (χ3v) is 2.24. The van der Waals surface area contributed by atoms with Gasteiger partial charge in [0.1, 0.15) is 0 Å². The monoisotopic (exact) mass is 273 g/mol. The third kappa shape index (κ3) is 3.51. The van der Waals surface area contributed by atoms with Crippen LogP contribution in [-0.2, 0) is 9.53 Å². The number of hydrogen-bond acceptors (Lipinski definition) is 4. The minimum Gasteiger partial charge on any atom is -0.463 e. The summed E-state index contributed by atoms with van der Waals surface area (Å²) in [5, 5.41) is 0. The largest absolute Gasteiger partial charge is 0.463 e. The molecular weight excluding hydrogens is 262 g/mol. The Hall–Kier alpha value is -1.10. The first-order valence-electron chi connectivity index (χ1n) is 4.59. The lowest BCUT2D eigenvalue weighted by molar-refractivity contribution is -0.150. The molecule has 0 aliphatic heterocycles. The number of halogens is 1. The molecule has 1 heterocycles. The predicted octanol–water partition coefficient (Wildman–Crippen LogP) is 2.17. The topological polar surface area (TPSA) is 48.4 Å². The van der Waals surface area contributed by atoms with Crippen molar-refractivity contribution in [3.05, 3.63) is 22.8 Å². The molecule has 0 aromatic carbocycles. The van der Waals surface area contributed by atoms with Gasteiger partial charge >= 0.3 is 5.97 Å². The number of esters is 1. The smallest absolute Gasteiger partial charge is 0.347 e. The van der Waals surface area contributed by atoms with Crippen LogP contribution >= 0.6 is 15.9 Å². The lowest BCUT2D eigenvalue weighted by atomic mass is 10.4. The SMILES string of the molecule is CCOC(=O)C(C)Oc1ncccc1Br. The van der Waals surface area contributed by atoms with E-state index in [1.54, 1.807) is 32.2 Å². The summed E-state index contributed by atoms with van der Waals surface area (Å²) in [6.45, 7) is 3.72. The Bertz CT molecular complexity index is 343. The van der Waals surface area contributed by atoms with Crippen molar-refractivity contribution in [2.45, 2.75) is 20.0 Å². The zero-order chi connectivity index (χ0) is 11.3. The van der Waals surface area contributed by atoms with E-state index in [1.807, 2.05) is 0 Å². The average molecular weight is 274 g/mol. The maximum Gasteiger partial charge on any atom is 0.347 e. The van der Waals surface area contributed by atoms with Gasteiger partial charge in [0.15, 0.2) is 6.10 Å². The first-order valence-corrected chi connectivity index (χ1v) is 5.38. The van der Waals surface area contributed by atoms with Crippen LogP contribution in [-0.4, -0.2) is 23.7 Å². The Morgan fingerprint density at radius 1 is 1.67 bits per heavy atom. The normalized spacial score (nSPS) is 11.9. The first kappa shape index (κ1) is 12.0. The van der Waals surface area contributed by atoms with Gasteiger partial charge < -0.3 is 9.47 Å². The highest BCUT2D eigenvalue weighted by Crippen LogP contribution is 2.21. The van der Waals surface area contributed by atoms with E-state index in [4.69, 9.17) is 9.47 Å². The van der Waals surface area contributed by atoms with E-state index in [0.29, 0.717) is 17.0 Å². The second kappa shape index (κ2) is 5.70. The molecule has 5 heteroatoms. The maximum absolute atomic E-state index is 11.3. The van der Waals surface area contributed by atoms with Gasteiger partial charge in [0.05, 0.1) is 11.1 Å². The molecule has 1 aromatic rings. The van der Waals surface area contributed by atoms with Crippen LogP contribution in [0.2, 0.25) is 0 Å². The Kier molecular flexibility index (Phi) is 4.55. The van der Waals surface area contributed by atoms with E-state index in [-0.39, 0.29) is 0 Å². The first-order chi connectivity index (χ1) is 7.15. The second-order valence-electron chi connectivity index (χ2n) is 2.80. The number of nitrogens with zero attached hydrogens (tertiary/aromatic N) is 1. The predicted molar refractivity (Wildman–Crippen MR) is 58.7 cm³/mol. The van der Waals surface area contributed by atoms with E-state index in [2.05, 4.69) is 20.9 Å². The fourth-order valence-corrected chi connectivity index (χ4v) is 1.28. The quantitative estimate of drug-likeness (QED) is 0.789. The number of aromatic nitrogens is 1. The van der Waals surface area contributed by atoms with E-state index >= 15 is 0 Å². The van der Waals surface area contributed by atoms with Gasteiger partial charge in [0.2, 0.25) is 5.88 Å². The molecule has 1 rings (SSSR count). The molecule has 15 heavy (non-hydrogen) atoms. The summed E-state index contributed by atoms with van der Waals surface area (Å²) in [5.41, 5.74) is 0. The van der Waals surface area contributed by atoms with Gasteiger partial charge in [-0.25, -0.2) is 9.78 Å². The molecule has 0 spiro atoms. The van der Waals surface area contributed by atoms with E-state index in [9.17, 15) is 4.79 Å². The summed E-state index contributed by atoms with van der Waals surface area (Å²) in [6, 6.07) is 3.56. The molecule has 1 aromatic heterocycles. The van der Waals surface area contributed by atoms with Gasteiger partial charge in [-0.15, -0.1) is 0 Å². The summed E-state index contributed by atoms with van der Waals surface area (Å²) in [5.74, 6) is -0.00638. The molecule has 0 bridgehead atoms. The van der Waals surface area contributed by atoms with E-state index in [0.717, 1.165) is 0 Å². The second-order valence-corrected chi connectivity index (χ2v) is 3.66. The van der Waals surface area contributed by atoms with Crippen molar-refractivity contribution < 1.29 is 14.3 Å². The van der Waals surface area contributed by atoms with Crippen molar-refractivity contribution in [1.82, 2.24) is 4.98 Å². The van der Waals surface area contributed by atoms with Crippen LogP contribution in [0.5, 0.6) is 5.88 Å². The summed E-state index contributed by atoms with van der Waals surface area (Å²) >= 11 is 3.27. The van der Waals surface area contributed by atoms with Crippen molar-refractivity contribution in [3.63, 3.8) is 0 Å². The lowest BCUT2D eigenvalue weighted by Gasteiger charge is -2.12. The fraction of sp³-hybridized carbons (Fsp3) is 0.400. The number of carbonyl (C=O) groups excluding carboxylic acids is 1. The standard InChI is InChI=1S/C10H12BrNO3/c1-3-14-10(13)7(2)15-9-8(11)5-4-6-12-9/h4-7H,3H2,1-2H3. The summed E-state index contributed by atoms with van der Waals surface area (Å²) in [4.78, 5) is 15.3. The molecule has 0 aliphatic rings. The van der Waals surface area contributed by atoms with E-state index in [1.165, 1.54) is 0 Å². The zero-order valence-corrected chi connectivity index (χ0v) is 10.2. The van der Waals surface area contributed by atoms with Crippen LogP contribution in [0.3, 0.4) is 0 Å².